The molecule has 2 aromatic rings. The van der Waals surface area contributed by atoms with Gasteiger partial charge in [0.25, 0.3) is 0 Å². The molecule has 0 aliphatic rings. The molecular weight excluding hydrogens is 223 g/mol. The van der Waals surface area contributed by atoms with Gasteiger partial charge in [-0.3, -0.25) is 0 Å². The number of halogens is 1. The number of imidazole rings is 1. The fourth-order valence-corrected chi connectivity index (χ4v) is 1.62. The summed E-state index contributed by atoms with van der Waals surface area (Å²) in [6.07, 6.45) is 3.34. The van der Waals surface area contributed by atoms with E-state index >= 15 is 0 Å². The van der Waals surface area contributed by atoms with Crippen LogP contribution in [0, 0.1) is 12.7 Å². The largest absolute Gasteiger partial charge is 0.478 e. The summed E-state index contributed by atoms with van der Waals surface area (Å²) in [5.74, 6) is -1.19. The summed E-state index contributed by atoms with van der Waals surface area (Å²) in [4.78, 5) is 14.8. The molecule has 17 heavy (non-hydrogen) atoms. The Labute approximate surface area is 97.3 Å². The van der Waals surface area contributed by atoms with E-state index in [0.717, 1.165) is 5.82 Å². The first-order valence-electron chi connectivity index (χ1n) is 5.08. The normalized spacial score (nSPS) is 10.5. The Hall–Kier alpha value is -2.17. The van der Waals surface area contributed by atoms with Crippen LogP contribution in [0.1, 0.15) is 21.7 Å². The van der Waals surface area contributed by atoms with Gasteiger partial charge in [-0.1, -0.05) is 12.1 Å². The number of benzene rings is 1. The van der Waals surface area contributed by atoms with Gasteiger partial charge in [-0.15, -0.1) is 0 Å². The van der Waals surface area contributed by atoms with Crippen molar-refractivity contribution in [1.29, 1.82) is 0 Å². The third kappa shape index (κ3) is 2.18. The zero-order valence-corrected chi connectivity index (χ0v) is 9.22. The Balaban J connectivity index is 2.37. The van der Waals surface area contributed by atoms with E-state index < -0.39 is 11.8 Å². The highest BCUT2D eigenvalue weighted by Gasteiger charge is 2.14. The number of hydrogen-bond donors (Lipinski definition) is 1. The molecule has 0 saturated carbocycles. The van der Waals surface area contributed by atoms with Crippen molar-refractivity contribution in [3.8, 4) is 0 Å². The number of aryl methyl sites for hydroxylation is 1. The molecule has 0 amide bonds. The highest BCUT2D eigenvalue weighted by Crippen LogP contribution is 2.15. The molecule has 88 valence electrons. The van der Waals surface area contributed by atoms with Gasteiger partial charge in [0, 0.05) is 18.0 Å². The molecule has 0 atom stereocenters. The molecule has 0 bridgehead atoms. The summed E-state index contributed by atoms with van der Waals surface area (Å²) in [6, 6.07) is 4.36. The lowest BCUT2D eigenvalue weighted by Gasteiger charge is -2.07. The topological polar surface area (TPSA) is 55.1 Å². The average molecular weight is 234 g/mol. The van der Waals surface area contributed by atoms with Crippen LogP contribution in [-0.4, -0.2) is 20.6 Å². The van der Waals surface area contributed by atoms with Gasteiger partial charge in [-0.05, 0) is 13.0 Å². The number of carboxylic acid groups (broad SMARTS) is 1. The molecule has 5 heteroatoms. The van der Waals surface area contributed by atoms with Gasteiger partial charge in [0.1, 0.15) is 11.6 Å². The monoisotopic (exact) mass is 234 g/mol. The molecule has 2 rings (SSSR count). The maximum absolute atomic E-state index is 13.8. The fourth-order valence-electron chi connectivity index (χ4n) is 1.62. The molecule has 1 heterocycles. The minimum Gasteiger partial charge on any atom is -0.478 e. The lowest BCUT2D eigenvalue weighted by atomic mass is 10.1. The molecule has 0 saturated heterocycles. The smallest absolute Gasteiger partial charge is 0.338 e. The van der Waals surface area contributed by atoms with Gasteiger partial charge in [0.15, 0.2) is 0 Å². The van der Waals surface area contributed by atoms with Gasteiger partial charge in [-0.2, -0.15) is 0 Å². The first kappa shape index (κ1) is 11.3. The molecule has 0 unspecified atom stereocenters. The van der Waals surface area contributed by atoms with E-state index in [9.17, 15) is 9.18 Å². The summed E-state index contributed by atoms with van der Waals surface area (Å²) in [7, 11) is 0. The van der Waals surface area contributed by atoms with Crippen LogP contribution < -0.4 is 0 Å². The quantitative estimate of drug-likeness (QED) is 0.884. The highest BCUT2D eigenvalue weighted by atomic mass is 19.1. The lowest BCUT2D eigenvalue weighted by Crippen LogP contribution is -2.07. The number of aromatic carboxylic acids is 1. The Morgan fingerprint density at radius 3 is 2.88 bits per heavy atom. The number of nitrogens with zero attached hydrogens (tertiary/aromatic N) is 2. The van der Waals surface area contributed by atoms with Crippen molar-refractivity contribution in [3.63, 3.8) is 0 Å². The van der Waals surface area contributed by atoms with Gasteiger partial charge in [0.2, 0.25) is 0 Å². The molecule has 1 N–H and O–H groups in total. The van der Waals surface area contributed by atoms with Gasteiger partial charge < -0.3 is 9.67 Å². The van der Waals surface area contributed by atoms with Crippen LogP contribution in [0.2, 0.25) is 0 Å². The molecule has 1 aromatic heterocycles. The second kappa shape index (κ2) is 4.37. The first-order valence-corrected chi connectivity index (χ1v) is 5.08. The van der Waals surface area contributed by atoms with Gasteiger partial charge in [0.05, 0.1) is 12.1 Å². The zero-order valence-electron chi connectivity index (χ0n) is 9.22. The average Bonchev–Trinajstić information content (AvgIpc) is 2.67. The van der Waals surface area contributed by atoms with Crippen molar-refractivity contribution < 1.29 is 14.3 Å². The van der Waals surface area contributed by atoms with Crippen LogP contribution in [0.15, 0.2) is 30.6 Å². The van der Waals surface area contributed by atoms with Crippen molar-refractivity contribution in [1.82, 2.24) is 9.55 Å². The lowest BCUT2D eigenvalue weighted by molar-refractivity contribution is 0.0691. The second-order valence-corrected chi connectivity index (χ2v) is 3.69. The van der Waals surface area contributed by atoms with Crippen LogP contribution in [0.3, 0.4) is 0 Å². The minimum absolute atomic E-state index is 0.277. The Bertz CT molecular complexity index is 563. The van der Waals surface area contributed by atoms with Crippen molar-refractivity contribution in [3.05, 3.63) is 53.4 Å². The van der Waals surface area contributed by atoms with E-state index in [0.29, 0.717) is 5.56 Å². The van der Waals surface area contributed by atoms with Crippen LogP contribution >= 0.6 is 0 Å². The van der Waals surface area contributed by atoms with Crippen LogP contribution in [0.25, 0.3) is 0 Å². The maximum atomic E-state index is 13.8. The standard InChI is InChI=1S/C12H11FN2O2/c1-8-14-5-6-15(8)7-9-3-2-4-10(11(9)13)12(16)17/h2-6H,7H2,1H3,(H,16,17). The van der Waals surface area contributed by atoms with E-state index in [2.05, 4.69) is 4.98 Å². The van der Waals surface area contributed by atoms with E-state index in [-0.39, 0.29) is 12.1 Å². The van der Waals surface area contributed by atoms with E-state index in [1.165, 1.54) is 12.1 Å². The van der Waals surface area contributed by atoms with Crippen molar-refractivity contribution in [2.45, 2.75) is 13.5 Å². The van der Waals surface area contributed by atoms with Crippen LogP contribution in [0.4, 0.5) is 4.39 Å². The highest BCUT2D eigenvalue weighted by molar-refractivity contribution is 5.88. The molecule has 0 radical (unpaired) electrons. The summed E-state index contributed by atoms with van der Waals surface area (Å²) in [5.41, 5.74) is 0.0336. The number of carboxylic acids is 1. The number of aromatic nitrogens is 2. The Morgan fingerprint density at radius 1 is 1.53 bits per heavy atom. The summed E-state index contributed by atoms with van der Waals surface area (Å²) in [6.45, 7) is 2.08. The second-order valence-electron chi connectivity index (χ2n) is 3.69. The maximum Gasteiger partial charge on any atom is 0.338 e. The predicted octanol–water partition coefficient (Wildman–Crippen LogP) is 2.08. The van der Waals surface area contributed by atoms with Crippen molar-refractivity contribution in [2.24, 2.45) is 0 Å². The van der Waals surface area contributed by atoms with E-state index in [4.69, 9.17) is 5.11 Å². The third-order valence-corrected chi connectivity index (χ3v) is 2.57. The molecular formula is C12H11FN2O2. The van der Waals surface area contributed by atoms with Gasteiger partial charge in [-0.25, -0.2) is 14.2 Å². The number of hydrogen-bond acceptors (Lipinski definition) is 2. The van der Waals surface area contributed by atoms with E-state index in [1.54, 1.807) is 30.0 Å². The van der Waals surface area contributed by atoms with Crippen molar-refractivity contribution in [2.75, 3.05) is 0 Å². The summed E-state index contributed by atoms with van der Waals surface area (Å²) >= 11 is 0. The Kier molecular flexibility index (Phi) is 2.91. The zero-order chi connectivity index (χ0) is 12.4. The van der Waals surface area contributed by atoms with Crippen molar-refractivity contribution >= 4 is 5.97 Å². The predicted molar refractivity (Wildman–Crippen MR) is 59.4 cm³/mol. The van der Waals surface area contributed by atoms with Gasteiger partial charge >= 0.3 is 5.97 Å². The molecule has 1 aromatic carbocycles. The van der Waals surface area contributed by atoms with E-state index in [1.807, 2.05) is 0 Å². The first-order chi connectivity index (χ1) is 8.09. The number of rotatable bonds is 3. The fraction of sp³-hybridized carbons (Fsp3) is 0.167. The van der Waals surface area contributed by atoms with Crippen LogP contribution in [0.5, 0.6) is 0 Å². The molecule has 0 fully saturated rings. The SMILES string of the molecule is Cc1nccn1Cc1cccc(C(=O)O)c1F. The Morgan fingerprint density at radius 2 is 2.29 bits per heavy atom. The number of carbonyl (C=O) groups is 1. The summed E-state index contributed by atoms with van der Waals surface area (Å²) in [5, 5.41) is 8.81. The summed E-state index contributed by atoms with van der Waals surface area (Å²) < 4.78 is 15.6. The molecule has 0 spiro atoms. The molecule has 4 nitrogen and oxygen atoms in total. The third-order valence-electron chi connectivity index (χ3n) is 2.57. The van der Waals surface area contributed by atoms with Crippen LogP contribution in [-0.2, 0) is 6.54 Å². The molecule has 0 aliphatic heterocycles. The molecule has 0 aliphatic carbocycles. The minimum atomic E-state index is -1.26.